The lowest BCUT2D eigenvalue weighted by molar-refractivity contribution is -0.140. The van der Waals surface area contributed by atoms with Gasteiger partial charge in [-0.3, -0.25) is 19.3 Å². The number of hydrogen-bond acceptors (Lipinski definition) is 15. The minimum atomic E-state index is -0.217. The van der Waals surface area contributed by atoms with Crippen molar-refractivity contribution in [1.82, 2.24) is 0 Å². The van der Waals surface area contributed by atoms with Gasteiger partial charge >= 0.3 is 5.97 Å². The molecule has 16 nitrogen and oxygen atoms in total. The van der Waals surface area contributed by atoms with Gasteiger partial charge in [0.1, 0.15) is 13.2 Å². The largest absolute Gasteiger partial charge is 0.493 e. The smallest absolute Gasteiger partial charge is 0.305 e. The number of carbonyl (C=O) groups is 3. The number of hydrogen-bond donors (Lipinski definition) is 1. The number of para-hydroxylation sites is 2. The molecule has 5 aromatic rings. The first kappa shape index (κ1) is 51.9. The Kier molecular flexibility index (Phi) is 17.1. The third-order valence-electron chi connectivity index (χ3n) is 13.4. The standard InChI is InChI=1S/C57H63N5O11S/c1-37(74-22-10-15-55(63)69-5)34-60(16-17-70-20-21-71-19-18-66-2)42-24-38(35-72-53-30-47-45(28-51(53)67-3)56(64)61-43(32-58-47)26-40-11-6-8-13-49(40)61)23-39(25-42)36-73-54-31-48-46(29-52(54)68-4)57(65)62-44(33-59-48)27-41-12-7-9-14-50(41)62/h6-9,11-14,23-25,28-31,37,43,58H,10,15-22,26-27,32,34-36H2,1-5H3/t37-,43-/m0/s1. The molecule has 0 fully saturated rings. The molecule has 9 rings (SSSR count). The van der Waals surface area contributed by atoms with Crippen molar-refractivity contribution in [2.24, 2.45) is 4.99 Å². The first-order valence-electron chi connectivity index (χ1n) is 25.0. The Bertz CT molecular complexity index is 2920. The van der Waals surface area contributed by atoms with Crippen LogP contribution in [0.15, 0.2) is 102 Å². The second-order valence-corrected chi connectivity index (χ2v) is 19.9. The van der Waals surface area contributed by atoms with Gasteiger partial charge in [0.05, 0.1) is 94.3 Å². The van der Waals surface area contributed by atoms with Gasteiger partial charge in [0, 0.05) is 74.2 Å². The lowest BCUT2D eigenvalue weighted by Crippen LogP contribution is -2.39. The number of carbonyl (C=O) groups excluding carboxylic acids is 3. The molecule has 0 aliphatic carbocycles. The summed E-state index contributed by atoms with van der Waals surface area (Å²) in [6.45, 7) is 6.60. The van der Waals surface area contributed by atoms with Crippen molar-refractivity contribution in [3.63, 3.8) is 0 Å². The highest BCUT2D eigenvalue weighted by Gasteiger charge is 2.38. The average Bonchev–Trinajstić information content (AvgIpc) is 3.91. The first-order chi connectivity index (χ1) is 36.2. The Balaban J connectivity index is 0.996. The summed E-state index contributed by atoms with van der Waals surface area (Å²) in [5, 5.41) is 3.72. The Morgan fingerprint density at radius 3 is 2.19 bits per heavy atom. The van der Waals surface area contributed by atoms with Crippen LogP contribution in [-0.2, 0) is 49.8 Å². The zero-order valence-electron chi connectivity index (χ0n) is 42.6. The molecular formula is C57H63N5O11S. The number of amides is 2. The van der Waals surface area contributed by atoms with Crippen molar-refractivity contribution < 1.29 is 52.3 Å². The normalized spacial score (nSPS) is 15.3. The molecule has 0 saturated heterocycles. The van der Waals surface area contributed by atoms with E-state index in [1.54, 1.807) is 56.2 Å². The van der Waals surface area contributed by atoms with Crippen LogP contribution in [0, 0.1) is 0 Å². The summed E-state index contributed by atoms with van der Waals surface area (Å²) in [5.74, 6) is 5.13. The summed E-state index contributed by atoms with van der Waals surface area (Å²) in [6, 6.07) is 29.1. The van der Waals surface area contributed by atoms with Crippen molar-refractivity contribution in [2.45, 2.75) is 57.1 Å². The molecule has 0 spiro atoms. The van der Waals surface area contributed by atoms with E-state index < -0.39 is 0 Å². The fourth-order valence-electron chi connectivity index (χ4n) is 9.69. The number of rotatable bonds is 25. The molecule has 1 N–H and O–H groups in total. The lowest BCUT2D eigenvalue weighted by atomic mass is 10.1. The molecule has 0 aromatic heterocycles. The van der Waals surface area contributed by atoms with Crippen LogP contribution in [0.2, 0.25) is 0 Å². The number of methoxy groups -OCH3 is 4. The number of anilines is 4. The molecule has 4 aliphatic heterocycles. The predicted molar refractivity (Wildman–Crippen MR) is 287 cm³/mol. The second kappa shape index (κ2) is 24.3. The predicted octanol–water partition coefficient (Wildman–Crippen LogP) is 8.82. The molecule has 0 unspecified atom stereocenters. The van der Waals surface area contributed by atoms with Crippen molar-refractivity contribution >= 4 is 63.9 Å². The molecule has 4 aliphatic rings. The average molecular weight is 1030 g/mol. The van der Waals surface area contributed by atoms with Crippen molar-refractivity contribution in [3.8, 4) is 23.0 Å². The Labute approximate surface area is 436 Å². The molecule has 74 heavy (non-hydrogen) atoms. The second-order valence-electron chi connectivity index (χ2n) is 18.3. The van der Waals surface area contributed by atoms with E-state index in [1.165, 1.54) is 7.11 Å². The highest BCUT2D eigenvalue weighted by Crippen LogP contribution is 2.43. The zero-order valence-corrected chi connectivity index (χ0v) is 43.4. The molecule has 388 valence electrons. The minimum absolute atomic E-state index is 0.0243. The van der Waals surface area contributed by atoms with Crippen LogP contribution < -0.4 is 39.0 Å². The molecule has 4 heterocycles. The maximum Gasteiger partial charge on any atom is 0.305 e. The molecule has 2 amide bonds. The van der Waals surface area contributed by atoms with Crippen LogP contribution in [0.25, 0.3) is 0 Å². The fourth-order valence-corrected chi connectivity index (χ4v) is 10.7. The number of esters is 1. The summed E-state index contributed by atoms with van der Waals surface area (Å²) in [6.07, 6.45) is 2.39. The Morgan fingerprint density at radius 2 is 1.46 bits per heavy atom. The quantitative estimate of drug-likeness (QED) is 0.0437. The highest BCUT2D eigenvalue weighted by atomic mass is 32.2. The number of allylic oxidation sites excluding steroid dienone is 1. The maximum absolute atomic E-state index is 14.2. The van der Waals surface area contributed by atoms with E-state index in [0.29, 0.717) is 123 Å². The van der Waals surface area contributed by atoms with E-state index in [9.17, 15) is 14.4 Å². The van der Waals surface area contributed by atoms with Gasteiger partial charge in [0.25, 0.3) is 11.8 Å². The monoisotopic (exact) mass is 1030 g/mol. The number of thioether (sulfide) groups is 1. The molecular weight excluding hydrogens is 963 g/mol. The first-order valence-corrected chi connectivity index (χ1v) is 26.0. The van der Waals surface area contributed by atoms with Gasteiger partial charge in [-0.25, -0.2) is 4.99 Å². The SMILES string of the molecule is COCCOCCOCCN(C[C@H](C)SCCCC(=O)OC)c1cc(COc2cc3c(cc2OC)C(=O)N2C(=C=N3)Cc3ccccc32)cc(COc2cc3c(cc2OC)C(=O)N2c4ccccc4C[C@H]2CN3)c1. The van der Waals surface area contributed by atoms with E-state index >= 15 is 0 Å². The third-order valence-corrected chi connectivity index (χ3v) is 14.6. The number of fused-ring (bicyclic) bond motifs is 8. The van der Waals surface area contributed by atoms with Gasteiger partial charge in [-0.15, -0.1) is 0 Å². The third kappa shape index (κ3) is 11.8. The number of nitrogens with zero attached hydrogens (tertiary/aromatic N) is 4. The number of nitrogens with one attached hydrogen (secondary N) is 1. The van der Waals surface area contributed by atoms with Crippen LogP contribution >= 0.6 is 11.8 Å². The highest BCUT2D eigenvalue weighted by molar-refractivity contribution is 7.99. The van der Waals surface area contributed by atoms with Gasteiger partial charge < -0.3 is 53.0 Å². The summed E-state index contributed by atoms with van der Waals surface area (Å²) in [5.41, 5.74) is 9.24. The molecule has 0 radical (unpaired) electrons. The van der Waals surface area contributed by atoms with Crippen molar-refractivity contribution in [3.05, 3.63) is 130 Å². The van der Waals surface area contributed by atoms with Crippen LogP contribution in [0.5, 0.6) is 23.0 Å². The van der Waals surface area contributed by atoms with E-state index in [0.717, 1.165) is 51.5 Å². The van der Waals surface area contributed by atoms with E-state index in [4.69, 9.17) is 37.9 Å². The van der Waals surface area contributed by atoms with Crippen molar-refractivity contribution in [1.29, 1.82) is 0 Å². The number of aliphatic imine (C=N–C) groups is 1. The van der Waals surface area contributed by atoms with E-state index in [-0.39, 0.29) is 42.3 Å². The van der Waals surface area contributed by atoms with Crippen LogP contribution in [0.3, 0.4) is 0 Å². The van der Waals surface area contributed by atoms with Gasteiger partial charge in [-0.1, -0.05) is 43.3 Å². The number of ether oxygens (including phenoxy) is 8. The van der Waals surface area contributed by atoms with Gasteiger partial charge in [0.15, 0.2) is 23.0 Å². The van der Waals surface area contributed by atoms with Crippen LogP contribution in [0.4, 0.5) is 28.4 Å². The van der Waals surface area contributed by atoms with E-state index in [2.05, 4.69) is 46.2 Å². The molecule has 2 atom stereocenters. The Hall–Kier alpha value is -7.01. The van der Waals surface area contributed by atoms with Gasteiger partial charge in [0.2, 0.25) is 0 Å². The molecule has 0 bridgehead atoms. The zero-order chi connectivity index (χ0) is 51.6. The minimum Gasteiger partial charge on any atom is -0.493 e. The van der Waals surface area contributed by atoms with Crippen LogP contribution in [-0.4, -0.2) is 122 Å². The summed E-state index contributed by atoms with van der Waals surface area (Å²) in [4.78, 5) is 50.8. The summed E-state index contributed by atoms with van der Waals surface area (Å²) in [7, 11) is 6.18. The van der Waals surface area contributed by atoms with Gasteiger partial charge in [-0.2, -0.15) is 11.8 Å². The van der Waals surface area contributed by atoms with E-state index in [1.807, 2.05) is 59.5 Å². The molecule has 0 saturated carbocycles. The summed E-state index contributed by atoms with van der Waals surface area (Å²) >= 11 is 1.79. The van der Waals surface area contributed by atoms with Gasteiger partial charge in [-0.05, 0) is 83.3 Å². The fraction of sp³-hybridized carbons (Fsp3) is 0.386. The number of benzene rings is 5. The topological polar surface area (TPSA) is 159 Å². The molecule has 5 aromatic carbocycles. The molecule has 17 heteroatoms. The van der Waals surface area contributed by atoms with Crippen LogP contribution in [0.1, 0.15) is 62.7 Å². The lowest BCUT2D eigenvalue weighted by Gasteiger charge is -2.29. The maximum atomic E-state index is 14.2. The summed E-state index contributed by atoms with van der Waals surface area (Å²) < 4.78 is 46.7. The van der Waals surface area contributed by atoms with Crippen molar-refractivity contribution in [2.75, 3.05) is 107 Å². The Morgan fingerprint density at radius 1 is 0.784 bits per heavy atom.